The average molecular weight is 265 g/mol. The fraction of sp³-hybridized carbons (Fsp3) is 0.385. The van der Waals surface area contributed by atoms with Crippen LogP contribution >= 0.6 is 0 Å². The zero-order valence-electron chi connectivity index (χ0n) is 10.6. The molecule has 2 amide bonds. The Hall–Kier alpha value is -2.11. The van der Waals surface area contributed by atoms with Gasteiger partial charge in [-0.1, -0.05) is 6.92 Å². The first-order chi connectivity index (χ1) is 8.95. The van der Waals surface area contributed by atoms with Crippen molar-refractivity contribution < 1.29 is 14.0 Å². The molecule has 1 fully saturated rings. The number of nitrogens with one attached hydrogen (secondary N) is 1. The molecule has 0 aromatic heterocycles. The number of amides is 2. The van der Waals surface area contributed by atoms with Gasteiger partial charge in [0.25, 0.3) is 0 Å². The molecule has 1 aliphatic heterocycles. The van der Waals surface area contributed by atoms with Gasteiger partial charge in [-0.3, -0.25) is 9.59 Å². The fourth-order valence-corrected chi connectivity index (χ4v) is 2.12. The number of benzene rings is 1. The minimum atomic E-state index is -0.552. The lowest BCUT2D eigenvalue weighted by Gasteiger charge is -2.15. The second kappa shape index (κ2) is 5.26. The van der Waals surface area contributed by atoms with E-state index < -0.39 is 11.7 Å². The molecule has 0 bridgehead atoms. The van der Waals surface area contributed by atoms with Crippen LogP contribution in [0.3, 0.4) is 0 Å². The topological polar surface area (TPSA) is 75.4 Å². The molecule has 0 radical (unpaired) electrons. The molecule has 0 saturated carbocycles. The normalized spacial score (nSPS) is 18.7. The Kier molecular flexibility index (Phi) is 3.69. The predicted molar refractivity (Wildman–Crippen MR) is 69.8 cm³/mol. The molecule has 1 heterocycles. The van der Waals surface area contributed by atoms with Crippen molar-refractivity contribution in [2.75, 3.05) is 24.1 Å². The molecule has 1 aromatic carbocycles. The molecule has 1 saturated heterocycles. The average Bonchev–Trinajstić information content (AvgIpc) is 2.62. The molecule has 1 atom stereocenters. The van der Waals surface area contributed by atoms with Crippen LogP contribution in [-0.2, 0) is 9.59 Å². The Morgan fingerprint density at radius 3 is 2.95 bits per heavy atom. The van der Waals surface area contributed by atoms with E-state index in [1.807, 2.05) is 6.92 Å². The summed E-state index contributed by atoms with van der Waals surface area (Å²) in [5.74, 6) is -0.768. The number of hydrogen-bond acceptors (Lipinski definition) is 3. The highest BCUT2D eigenvalue weighted by Crippen LogP contribution is 2.19. The minimum absolute atomic E-state index is 0.0321. The van der Waals surface area contributed by atoms with Gasteiger partial charge in [0, 0.05) is 18.7 Å². The zero-order valence-corrected chi connectivity index (χ0v) is 10.6. The molecule has 1 aliphatic rings. The number of carbonyl (C=O) groups is 2. The molecular weight excluding hydrogens is 249 g/mol. The maximum atomic E-state index is 13.4. The summed E-state index contributed by atoms with van der Waals surface area (Å²) < 4.78 is 13.4. The highest BCUT2D eigenvalue weighted by Gasteiger charge is 2.27. The van der Waals surface area contributed by atoms with Gasteiger partial charge < -0.3 is 16.0 Å². The van der Waals surface area contributed by atoms with Crippen LogP contribution in [0.1, 0.15) is 13.3 Å². The van der Waals surface area contributed by atoms with Crippen molar-refractivity contribution in [1.29, 1.82) is 0 Å². The first-order valence-corrected chi connectivity index (χ1v) is 6.08. The van der Waals surface area contributed by atoms with Crippen molar-refractivity contribution in [2.24, 2.45) is 5.92 Å². The quantitative estimate of drug-likeness (QED) is 0.807. The van der Waals surface area contributed by atoms with Crippen molar-refractivity contribution in [3.8, 4) is 0 Å². The van der Waals surface area contributed by atoms with E-state index in [0.717, 1.165) is 0 Å². The van der Waals surface area contributed by atoms with Crippen LogP contribution in [-0.4, -0.2) is 29.8 Å². The Bertz CT molecular complexity index is 519. The molecule has 19 heavy (non-hydrogen) atoms. The summed E-state index contributed by atoms with van der Waals surface area (Å²) in [4.78, 5) is 24.8. The molecule has 0 spiro atoms. The van der Waals surface area contributed by atoms with E-state index in [0.29, 0.717) is 18.7 Å². The largest absolute Gasteiger partial charge is 0.399 e. The van der Waals surface area contributed by atoms with E-state index in [9.17, 15) is 14.0 Å². The van der Waals surface area contributed by atoms with Gasteiger partial charge in [0.05, 0.1) is 12.2 Å². The first-order valence-electron chi connectivity index (χ1n) is 6.08. The van der Waals surface area contributed by atoms with Crippen LogP contribution in [0, 0.1) is 11.7 Å². The lowest BCUT2D eigenvalue weighted by Crippen LogP contribution is -2.34. The Balaban J connectivity index is 1.98. The Morgan fingerprint density at radius 2 is 2.32 bits per heavy atom. The van der Waals surface area contributed by atoms with Crippen LogP contribution in [0.5, 0.6) is 0 Å². The van der Waals surface area contributed by atoms with Crippen molar-refractivity contribution in [3.63, 3.8) is 0 Å². The summed E-state index contributed by atoms with van der Waals surface area (Å²) in [6, 6.07) is 3.95. The lowest BCUT2D eigenvalue weighted by molar-refractivity contribution is -0.131. The number of nitrogens with two attached hydrogens (primary N) is 1. The minimum Gasteiger partial charge on any atom is -0.399 e. The van der Waals surface area contributed by atoms with Crippen LogP contribution in [0.15, 0.2) is 18.2 Å². The van der Waals surface area contributed by atoms with Gasteiger partial charge in [-0.25, -0.2) is 4.39 Å². The standard InChI is InChI=1S/C13H16FN3O2/c1-8-4-13(19)17(6-8)7-12(18)16-11-5-9(15)2-3-10(11)14/h2-3,5,8H,4,6-7,15H2,1H3,(H,16,18). The predicted octanol–water partition coefficient (Wildman–Crippen LogP) is 1.21. The van der Waals surface area contributed by atoms with E-state index in [1.165, 1.54) is 23.1 Å². The number of nitrogens with zero attached hydrogens (tertiary/aromatic N) is 1. The molecule has 0 aliphatic carbocycles. The number of halogens is 1. The number of anilines is 2. The first kappa shape index (κ1) is 13.3. The summed E-state index contributed by atoms with van der Waals surface area (Å²) in [5.41, 5.74) is 5.92. The van der Waals surface area contributed by atoms with E-state index in [4.69, 9.17) is 5.73 Å². The van der Waals surface area contributed by atoms with Crippen LogP contribution in [0.2, 0.25) is 0 Å². The third-order valence-corrected chi connectivity index (χ3v) is 3.01. The van der Waals surface area contributed by atoms with Gasteiger partial charge in [0.2, 0.25) is 11.8 Å². The third kappa shape index (κ3) is 3.21. The highest BCUT2D eigenvalue weighted by molar-refractivity contribution is 5.95. The number of nitrogen functional groups attached to an aromatic ring is 1. The number of rotatable bonds is 3. The van der Waals surface area contributed by atoms with Gasteiger partial charge >= 0.3 is 0 Å². The van der Waals surface area contributed by atoms with E-state index >= 15 is 0 Å². The van der Waals surface area contributed by atoms with Gasteiger partial charge in [0.1, 0.15) is 5.82 Å². The van der Waals surface area contributed by atoms with Gasteiger partial charge in [0.15, 0.2) is 0 Å². The van der Waals surface area contributed by atoms with E-state index in [2.05, 4.69) is 5.32 Å². The van der Waals surface area contributed by atoms with E-state index in [-0.39, 0.29) is 24.1 Å². The summed E-state index contributed by atoms with van der Waals surface area (Å²) in [6.07, 6.45) is 0.458. The Labute approximate surface area is 110 Å². The zero-order chi connectivity index (χ0) is 14.0. The Morgan fingerprint density at radius 1 is 1.58 bits per heavy atom. The van der Waals surface area contributed by atoms with Crippen LogP contribution < -0.4 is 11.1 Å². The smallest absolute Gasteiger partial charge is 0.244 e. The molecule has 1 aromatic rings. The maximum Gasteiger partial charge on any atom is 0.244 e. The second-order valence-electron chi connectivity index (χ2n) is 4.87. The van der Waals surface area contributed by atoms with Crippen molar-refractivity contribution in [3.05, 3.63) is 24.0 Å². The fourth-order valence-electron chi connectivity index (χ4n) is 2.12. The van der Waals surface area contributed by atoms with Gasteiger partial charge in [-0.05, 0) is 24.1 Å². The summed E-state index contributed by atoms with van der Waals surface area (Å²) in [6.45, 7) is 2.45. The molecule has 2 rings (SSSR count). The SMILES string of the molecule is CC1CC(=O)N(CC(=O)Nc2cc(N)ccc2F)C1. The monoisotopic (exact) mass is 265 g/mol. The molecule has 6 heteroatoms. The van der Waals surface area contributed by atoms with Crippen molar-refractivity contribution in [2.45, 2.75) is 13.3 Å². The maximum absolute atomic E-state index is 13.4. The molecular formula is C13H16FN3O2. The number of likely N-dealkylation sites (tertiary alicyclic amines) is 1. The lowest BCUT2D eigenvalue weighted by atomic mass is 10.2. The van der Waals surface area contributed by atoms with Gasteiger partial charge in [-0.15, -0.1) is 0 Å². The summed E-state index contributed by atoms with van der Waals surface area (Å²) in [7, 11) is 0. The number of carbonyl (C=O) groups excluding carboxylic acids is 2. The van der Waals surface area contributed by atoms with Crippen molar-refractivity contribution in [1.82, 2.24) is 4.90 Å². The summed E-state index contributed by atoms with van der Waals surface area (Å²) >= 11 is 0. The van der Waals surface area contributed by atoms with E-state index in [1.54, 1.807) is 0 Å². The third-order valence-electron chi connectivity index (χ3n) is 3.01. The van der Waals surface area contributed by atoms with Crippen LogP contribution in [0.4, 0.5) is 15.8 Å². The molecule has 3 N–H and O–H groups in total. The summed E-state index contributed by atoms with van der Waals surface area (Å²) in [5, 5.41) is 2.43. The van der Waals surface area contributed by atoms with Gasteiger partial charge in [-0.2, -0.15) is 0 Å². The highest BCUT2D eigenvalue weighted by atomic mass is 19.1. The van der Waals surface area contributed by atoms with Crippen LogP contribution in [0.25, 0.3) is 0 Å². The molecule has 1 unspecified atom stereocenters. The second-order valence-corrected chi connectivity index (χ2v) is 4.87. The van der Waals surface area contributed by atoms with Crippen molar-refractivity contribution >= 4 is 23.2 Å². The number of hydrogen-bond donors (Lipinski definition) is 2. The molecule has 5 nitrogen and oxygen atoms in total. The molecule has 102 valence electrons.